The van der Waals surface area contributed by atoms with E-state index in [1.807, 2.05) is 0 Å². The quantitative estimate of drug-likeness (QED) is 0.429. The fourth-order valence-corrected chi connectivity index (χ4v) is 2.94. The standard InChI is InChI=1S/C19H12F6N4O/c20-18(21,22)12-6-11(7-13(8-12)19(23,24)25)15-10-28-16(17-26-3-4-29(15)17)27-9-14-2-1-5-30-14/h1-8,10H,9H2,(H,27,28). The maximum absolute atomic E-state index is 13.2. The Morgan fingerprint density at radius 2 is 1.67 bits per heavy atom. The van der Waals surface area contributed by atoms with Gasteiger partial charge >= 0.3 is 12.4 Å². The number of fused-ring (bicyclic) bond motifs is 1. The monoisotopic (exact) mass is 426 g/mol. The number of anilines is 1. The topological polar surface area (TPSA) is 55.4 Å². The molecule has 0 unspecified atom stereocenters. The number of aromatic nitrogens is 3. The fraction of sp³-hybridized carbons (Fsp3) is 0.158. The van der Waals surface area contributed by atoms with Crippen LogP contribution in [0.25, 0.3) is 16.9 Å². The number of nitrogens with one attached hydrogen (secondary N) is 1. The minimum absolute atomic E-state index is 0.0302. The summed E-state index contributed by atoms with van der Waals surface area (Å²) in [6.07, 6.45) is -4.40. The van der Waals surface area contributed by atoms with Crippen LogP contribution in [-0.4, -0.2) is 14.4 Å². The molecule has 0 bridgehead atoms. The first-order valence-electron chi connectivity index (χ1n) is 8.51. The lowest BCUT2D eigenvalue weighted by atomic mass is 10.0. The summed E-state index contributed by atoms with van der Waals surface area (Å²) in [7, 11) is 0. The molecule has 4 aromatic rings. The highest BCUT2D eigenvalue weighted by Crippen LogP contribution is 2.38. The van der Waals surface area contributed by atoms with Crippen LogP contribution in [0.1, 0.15) is 16.9 Å². The predicted octanol–water partition coefficient (Wildman–Crippen LogP) is 5.64. The molecule has 0 aliphatic rings. The average molecular weight is 426 g/mol. The molecule has 11 heteroatoms. The first kappa shape index (κ1) is 19.8. The van der Waals surface area contributed by atoms with Gasteiger partial charge in [0.1, 0.15) is 5.76 Å². The van der Waals surface area contributed by atoms with Crippen LogP contribution in [0, 0.1) is 0 Å². The van der Waals surface area contributed by atoms with Gasteiger partial charge in [-0.25, -0.2) is 9.97 Å². The number of nitrogens with zero attached hydrogens (tertiary/aromatic N) is 3. The molecular weight excluding hydrogens is 414 g/mol. The third-order valence-corrected chi connectivity index (χ3v) is 4.32. The first-order valence-corrected chi connectivity index (χ1v) is 8.51. The highest BCUT2D eigenvalue weighted by molar-refractivity contribution is 5.71. The summed E-state index contributed by atoms with van der Waals surface area (Å²) in [5.41, 5.74) is -2.82. The second-order valence-electron chi connectivity index (χ2n) is 6.34. The molecule has 0 spiro atoms. The molecule has 1 N–H and O–H groups in total. The molecule has 156 valence electrons. The summed E-state index contributed by atoms with van der Waals surface area (Å²) >= 11 is 0. The third kappa shape index (κ3) is 3.82. The number of rotatable bonds is 4. The maximum atomic E-state index is 13.2. The largest absolute Gasteiger partial charge is 0.467 e. The number of furan rings is 1. The van der Waals surface area contributed by atoms with Crippen LogP contribution in [-0.2, 0) is 18.9 Å². The second-order valence-corrected chi connectivity index (χ2v) is 6.34. The Morgan fingerprint density at radius 3 is 2.27 bits per heavy atom. The molecule has 5 nitrogen and oxygen atoms in total. The van der Waals surface area contributed by atoms with E-state index in [2.05, 4.69) is 15.3 Å². The van der Waals surface area contributed by atoms with Crippen LogP contribution >= 0.6 is 0 Å². The van der Waals surface area contributed by atoms with Gasteiger partial charge in [0.15, 0.2) is 11.5 Å². The number of benzene rings is 1. The fourth-order valence-electron chi connectivity index (χ4n) is 2.94. The minimum atomic E-state index is -4.94. The molecule has 1 aromatic carbocycles. The summed E-state index contributed by atoms with van der Waals surface area (Å²) in [6.45, 7) is 0.268. The van der Waals surface area contributed by atoms with E-state index in [1.165, 1.54) is 29.3 Å². The van der Waals surface area contributed by atoms with Gasteiger partial charge in [0.05, 0.1) is 35.8 Å². The van der Waals surface area contributed by atoms with Crippen LogP contribution in [0.4, 0.5) is 32.2 Å². The Labute approximate surface area is 165 Å². The molecule has 0 atom stereocenters. The minimum Gasteiger partial charge on any atom is -0.467 e. The Bertz CT molecular complexity index is 1150. The number of alkyl halides is 6. The SMILES string of the molecule is FC(F)(F)c1cc(-c2cnc(NCc3ccco3)c3nccn23)cc(C(F)(F)F)c1. The first-order chi connectivity index (χ1) is 14.1. The summed E-state index contributed by atoms with van der Waals surface area (Å²) in [6, 6.07) is 4.82. The van der Waals surface area contributed by atoms with Gasteiger partial charge in [-0.3, -0.25) is 4.40 Å². The third-order valence-electron chi connectivity index (χ3n) is 4.32. The molecule has 4 rings (SSSR count). The Kier molecular flexibility index (Phi) is 4.67. The van der Waals surface area contributed by atoms with Crippen molar-refractivity contribution in [3.8, 4) is 11.3 Å². The number of imidazole rings is 1. The van der Waals surface area contributed by atoms with E-state index in [1.54, 1.807) is 12.1 Å². The summed E-state index contributed by atoms with van der Waals surface area (Å²) in [5.74, 6) is 0.904. The molecule has 0 radical (unpaired) electrons. The van der Waals surface area contributed by atoms with Crippen molar-refractivity contribution in [1.82, 2.24) is 14.4 Å². The van der Waals surface area contributed by atoms with Crippen LogP contribution in [0.3, 0.4) is 0 Å². The molecular formula is C19H12F6N4O. The van der Waals surface area contributed by atoms with E-state index in [0.717, 1.165) is 0 Å². The molecule has 0 fully saturated rings. The van der Waals surface area contributed by atoms with Gasteiger partial charge in [-0.2, -0.15) is 26.3 Å². The number of hydrogen-bond acceptors (Lipinski definition) is 4. The zero-order chi connectivity index (χ0) is 21.5. The smallest absolute Gasteiger partial charge is 0.416 e. The molecule has 3 aromatic heterocycles. The van der Waals surface area contributed by atoms with Gasteiger partial charge in [-0.05, 0) is 30.3 Å². The summed E-state index contributed by atoms with van der Waals surface area (Å²) in [5, 5.41) is 2.98. The Hall–Kier alpha value is -3.50. The number of hydrogen-bond donors (Lipinski definition) is 1. The Morgan fingerprint density at radius 1 is 0.967 bits per heavy atom. The normalized spacial score (nSPS) is 12.5. The second kappa shape index (κ2) is 7.08. The molecule has 0 saturated carbocycles. The average Bonchev–Trinajstić information content (AvgIpc) is 3.36. The lowest BCUT2D eigenvalue weighted by molar-refractivity contribution is -0.143. The summed E-state index contributed by atoms with van der Waals surface area (Å²) in [4.78, 5) is 8.25. The van der Waals surface area contributed by atoms with Crippen molar-refractivity contribution >= 4 is 11.5 Å². The molecule has 30 heavy (non-hydrogen) atoms. The molecule has 0 saturated heterocycles. The van der Waals surface area contributed by atoms with Gasteiger partial charge in [0.25, 0.3) is 0 Å². The van der Waals surface area contributed by atoms with Gasteiger partial charge in [-0.1, -0.05) is 0 Å². The lowest BCUT2D eigenvalue weighted by Gasteiger charge is -2.15. The van der Waals surface area contributed by atoms with E-state index >= 15 is 0 Å². The van der Waals surface area contributed by atoms with Crippen molar-refractivity contribution in [1.29, 1.82) is 0 Å². The van der Waals surface area contributed by atoms with Crippen LogP contribution in [0.2, 0.25) is 0 Å². The van der Waals surface area contributed by atoms with Crippen molar-refractivity contribution < 1.29 is 30.8 Å². The van der Waals surface area contributed by atoms with Gasteiger partial charge in [0, 0.05) is 18.0 Å². The lowest BCUT2D eigenvalue weighted by Crippen LogP contribution is -2.11. The van der Waals surface area contributed by atoms with E-state index in [9.17, 15) is 26.3 Å². The van der Waals surface area contributed by atoms with E-state index in [-0.39, 0.29) is 29.5 Å². The molecule has 0 aliphatic carbocycles. The van der Waals surface area contributed by atoms with E-state index in [0.29, 0.717) is 23.7 Å². The highest BCUT2D eigenvalue weighted by atomic mass is 19.4. The van der Waals surface area contributed by atoms with Crippen molar-refractivity contribution in [2.75, 3.05) is 5.32 Å². The Balaban J connectivity index is 1.80. The maximum Gasteiger partial charge on any atom is 0.416 e. The van der Waals surface area contributed by atoms with Crippen LogP contribution in [0.5, 0.6) is 0 Å². The number of halogens is 6. The van der Waals surface area contributed by atoms with Crippen molar-refractivity contribution in [3.05, 3.63) is 72.1 Å². The van der Waals surface area contributed by atoms with Gasteiger partial charge in [-0.15, -0.1) is 0 Å². The van der Waals surface area contributed by atoms with E-state index < -0.39 is 23.5 Å². The van der Waals surface area contributed by atoms with Crippen molar-refractivity contribution in [2.45, 2.75) is 18.9 Å². The van der Waals surface area contributed by atoms with Crippen LogP contribution in [0.15, 0.2) is 59.6 Å². The van der Waals surface area contributed by atoms with Crippen LogP contribution < -0.4 is 5.32 Å². The molecule has 0 aliphatic heterocycles. The molecule has 0 amide bonds. The van der Waals surface area contributed by atoms with Crippen molar-refractivity contribution in [2.24, 2.45) is 0 Å². The van der Waals surface area contributed by atoms with Gasteiger partial charge in [0.2, 0.25) is 0 Å². The summed E-state index contributed by atoms with van der Waals surface area (Å²) < 4.78 is 85.7. The predicted molar refractivity (Wildman–Crippen MR) is 94.5 cm³/mol. The van der Waals surface area contributed by atoms with Gasteiger partial charge < -0.3 is 9.73 Å². The zero-order valence-electron chi connectivity index (χ0n) is 14.9. The molecule has 3 heterocycles. The van der Waals surface area contributed by atoms with Crippen molar-refractivity contribution in [3.63, 3.8) is 0 Å². The van der Waals surface area contributed by atoms with E-state index in [4.69, 9.17) is 4.42 Å². The highest BCUT2D eigenvalue weighted by Gasteiger charge is 2.37. The zero-order valence-corrected chi connectivity index (χ0v) is 14.9.